The van der Waals surface area contributed by atoms with Crippen LogP contribution in [-0.4, -0.2) is 43.8 Å². The summed E-state index contributed by atoms with van der Waals surface area (Å²) < 4.78 is 7.07. The topological polar surface area (TPSA) is 55.3 Å². The summed E-state index contributed by atoms with van der Waals surface area (Å²) in [6.07, 6.45) is 0. The van der Waals surface area contributed by atoms with E-state index in [1.54, 1.807) is 7.11 Å². The van der Waals surface area contributed by atoms with Crippen LogP contribution >= 0.6 is 0 Å². The van der Waals surface area contributed by atoms with E-state index in [1.807, 2.05) is 19.9 Å². The molecule has 0 atom stereocenters. The minimum atomic E-state index is 0.00124. The predicted octanol–water partition coefficient (Wildman–Crippen LogP) is 1.09. The van der Waals surface area contributed by atoms with Crippen LogP contribution in [0.4, 0.5) is 0 Å². The minimum absolute atomic E-state index is 0.00124. The number of rotatable bonds is 8. The number of nitrogens with one attached hydrogen (secondary N) is 2. The van der Waals surface area contributed by atoms with Gasteiger partial charge in [-0.25, -0.2) is 0 Å². The van der Waals surface area contributed by atoms with Gasteiger partial charge in [0.15, 0.2) is 0 Å². The Bertz CT molecular complexity index is 413. The number of carbonyl (C=O) groups is 1. The summed E-state index contributed by atoms with van der Waals surface area (Å²) in [4.78, 5) is 12.1. The van der Waals surface area contributed by atoms with E-state index in [9.17, 15) is 4.79 Å². The molecule has 0 bridgehead atoms. The zero-order valence-electron chi connectivity index (χ0n) is 12.4. The highest BCUT2D eigenvalue weighted by molar-refractivity contribution is 5.95. The number of aromatic nitrogens is 1. The Kier molecular flexibility index (Phi) is 6.59. The molecule has 0 radical (unpaired) electrons. The molecule has 0 aliphatic heterocycles. The summed E-state index contributed by atoms with van der Waals surface area (Å²) in [5.41, 5.74) is 2.93. The number of carbonyl (C=O) groups excluding carboxylic acids is 1. The van der Waals surface area contributed by atoms with Gasteiger partial charge in [0.2, 0.25) is 0 Å². The van der Waals surface area contributed by atoms with Crippen molar-refractivity contribution < 1.29 is 9.53 Å². The average Bonchev–Trinajstić information content (AvgIpc) is 2.68. The maximum Gasteiger partial charge on any atom is 0.253 e. The normalized spacial score (nSPS) is 10.7. The van der Waals surface area contributed by atoms with Crippen LogP contribution in [0, 0.1) is 13.8 Å². The van der Waals surface area contributed by atoms with Gasteiger partial charge in [0.1, 0.15) is 0 Å². The molecule has 1 rings (SSSR count). The summed E-state index contributed by atoms with van der Waals surface area (Å²) in [5.74, 6) is 0.00124. The molecule has 0 unspecified atom stereocenters. The Morgan fingerprint density at radius 1 is 1.32 bits per heavy atom. The molecular formula is C14H25N3O2. The Morgan fingerprint density at radius 3 is 2.63 bits per heavy atom. The largest absolute Gasteiger partial charge is 0.383 e. The number of hydrogen-bond acceptors (Lipinski definition) is 3. The molecule has 5 heteroatoms. The van der Waals surface area contributed by atoms with Crippen LogP contribution in [0.5, 0.6) is 0 Å². The lowest BCUT2D eigenvalue weighted by Gasteiger charge is -2.08. The van der Waals surface area contributed by atoms with E-state index in [1.165, 1.54) is 0 Å². The van der Waals surface area contributed by atoms with Crippen LogP contribution < -0.4 is 10.6 Å². The third kappa shape index (κ3) is 4.36. The Morgan fingerprint density at radius 2 is 2.05 bits per heavy atom. The molecule has 108 valence electrons. The zero-order valence-corrected chi connectivity index (χ0v) is 12.4. The summed E-state index contributed by atoms with van der Waals surface area (Å²) >= 11 is 0. The van der Waals surface area contributed by atoms with E-state index in [4.69, 9.17) is 4.74 Å². The molecule has 1 aromatic heterocycles. The van der Waals surface area contributed by atoms with Crippen molar-refractivity contribution in [1.29, 1.82) is 0 Å². The fourth-order valence-corrected chi connectivity index (χ4v) is 2.18. The molecule has 1 heterocycles. The van der Waals surface area contributed by atoms with E-state index in [0.29, 0.717) is 13.2 Å². The summed E-state index contributed by atoms with van der Waals surface area (Å²) in [5, 5.41) is 6.12. The first-order valence-electron chi connectivity index (χ1n) is 6.76. The van der Waals surface area contributed by atoms with Gasteiger partial charge in [-0.3, -0.25) is 4.79 Å². The average molecular weight is 267 g/mol. The first-order chi connectivity index (χ1) is 9.11. The maximum atomic E-state index is 12.1. The highest BCUT2D eigenvalue weighted by Gasteiger charge is 2.14. The maximum absolute atomic E-state index is 12.1. The zero-order chi connectivity index (χ0) is 14.3. The number of methoxy groups -OCH3 is 1. The fraction of sp³-hybridized carbons (Fsp3) is 0.643. The molecule has 2 N–H and O–H groups in total. The van der Waals surface area contributed by atoms with E-state index < -0.39 is 0 Å². The van der Waals surface area contributed by atoms with Crippen molar-refractivity contribution in [3.05, 3.63) is 23.0 Å². The monoisotopic (exact) mass is 267 g/mol. The lowest BCUT2D eigenvalue weighted by atomic mass is 10.2. The molecule has 0 spiro atoms. The molecule has 0 aliphatic rings. The standard InChI is InChI=1S/C14H25N3O2/c1-5-17-11(2)10-13(12(17)3)14(18)16-7-6-15-8-9-19-4/h10,15H,5-9H2,1-4H3,(H,16,18). The van der Waals surface area contributed by atoms with Crippen molar-refractivity contribution in [2.24, 2.45) is 0 Å². The second kappa shape index (κ2) is 7.96. The number of aryl methyl sites for hydroxylation is 1. The number of ether oxygens (including phenoxy) is 1. The van der Waals surface area contributed by atoms with Crippen molar-refractivity contribution in [2.45, 2.75) is 27.3 Å². The van der Waals surface area contributed by atoms with Gasteiger partial charge in [-0.1, -0.05) is 0 Å². The van der Waals surface area contributed by atoms with Crippen LogP contribution in [-0.2, 0) is 11.3 Å². The minimum Gasteiger partial charge on any atom is -0.383 e. The highest BCUT2D eigenvalue weighted by Crippen LogP contribution is 2.14. The van der Waals surface area contributed by atoms with Crippen LogP contribution in [0.1, 0.15) is 28.7 Å². The van der Waals surface area contributed by atoms with Crippen molar-refractivity contribution in [3.8, 4) is 0 Å². The van der Waals surface area contributed by atoms with Gasteiger partial charge in [-0.2, -0.15) is 0 Å². The molecule has 1 aromatic rings. The van der Waals surface area contributed by atoms with Crippen molar-refractivity contribution in [2.75, 3.05) is 33.4 Å². The van der Waals surface area contributed by atoms with E-state index in [2.05, 4.69) is 22.1 Å². The van der Waals surface area contributed by atoms with Crippen molar-refractivity contribution in [1.82, 2.24) is 15.2 Å². The smallest absolute Gasteiger partial charge is 0.253 e. The van der Waals surface area contributed by atoms with Crippen LogP contribution in [0.3, 0.4) is 0 Å². The van der Waals surface area contributed by atoms with Gasteiger partial charge in [-0.15, -0.1) is 0 Å². The number of nitrogens with zero attached hydrogens (tertiary/aromatic N) is 1. The molecule has 0 saturated heterocycles. The molecule has 19 heavy (non-hydrogen) atoms. The van der Waals surface area contributed by atoms with Crippen LogP contribution in [0.25, 0.3) is 0 Å². The number of amides is 1. The van der Waals surface area contributed by atoms with Gasteiger partial charge < -0.3 is 19.9 Å². The van der Waals surface area contributed by atoms with Crippen molar-refractivity contribution in [3.63, 3.8) is 0 Å². The van der Waals surface area contributed by atoms with Crippen LogP contribution in [0.2, 0.25) is 0 Å². The summed E-state index contributed by atoms with van der Waals surface area (Å²) in [6, 6.07) is 1.95. The molecule has 0 saturated carbocycles. The fourth-order valence-electron chi connectivity index (χ4n) is 2.18. The lowest BCUT2D eigenvalue weighted by molar-refractivity contribution is 0.0953. The third-order valence-electron chi connectivity index (χ3n) is 3.20. The van der Waals surface area contributed by atoms with E-state index >= 15 is 0 Å². The van der Waals surface area contributed by atoms with Gasteiger partial charge in [0.25, 0.3) is 5.91 Å². The first-order valence-corrected chi connectivity index (χ1v) is 6.76. The van der Waals surface area contributed by atoms with E-state index in [-0.39, 0.29) is 5.91 Å². The van der Waals surface area contributed by atoms with Gasteiger partial charge in [0.05, 0.1) is 12.2 Å². The molecule has 5 nitrogen and oxygen atoms in total. The molecule has 0 aliphatic carbocycles. The second-order valence-corrected chi connectivity index (χ2v) is 4.53. The van der Waals surface area contributed by atoms with Crippen LogP contribution in [0.15, 0.2) is 6.07 Å². The molecule has 1 amide bonds. The highest BCUT2D eigenvalue weighted by atomic mass is 16.5. The Balaban J connectivity index is 2.42. The second-order valence-electron chi connectivity index (χ2n) is 4.53. The molecule has 0 fully saturated rings. The summed E-state index contributed by atoms with van der Waals surface area (Å²) in [6.45, 7) is 9.86. The number of hydrogen-bond donors (Lipinski definition) is 2. The third-order valence-corrected chi connectivity index (χ3v) is 3.20. The SMILES string of the molecule is CCn1c(C)cc(C(=O)NCCNCCOC)c1C. The Hall–Kier alpha value is -1.33. The van der Waals surface area contributed by atoms with Gasteiger partial charge >= 0.3 is 0 Å². The molecular weight excluding hydrogens is 242 g/mol. The Labute approximate surface area is 115 Å². The van der Waals surface area contributed by atoms with Gasteiger partial charge in [0, 0.05) is 44.7 Å². The first kappa shape index (κ1) is 15.7. The van der Waals surface area contributed by atoms with Crippen molar-refractivity contribution >= 4 is 5.91 Å². The predicted molar refractivity (Wildman–Crippen MR) is 76.7 cm³/mol. The quantitative estimate of drug-likeness (QED) is 0.693. The van der Waals surface area contributed by atoms with E-state index in [0.717, 1.165) is 36.6 Å². The summed E-state index contributed by atoms with van der Waals surface area (Å²) in [7, 11) is 1.67. The molecule has 0 aromatic carbocycles. The van der Waals surface area contributed by atoms with Gasteiger partial charge in [-0.05, 0) is 26.8 Å². The lowest BCUT2D eigenvalue weighted by Crippen LogP contribution is -2.33.